The summed E-state index contributed by atoms with van der Waals surface area (Å²) in [4.78, 5) is 37.7. The molecule has 8 heteroatoms. The summed E-state index contributed by atoms with van der Waals surface area (Å²) in [7, 11) is 0. The third-order valence-corrected chi connectivity index (χ3v) is 8.87. The molecule has 0 bridgehead atoms. The number of hydrogen-bond acceptors (Lipinski definition) is 6. The molecule has 0 aliphatic heterocycles. The monoisotopic (exact) mass is 499 g/mol. The molecular weight excluding hydrogens is 462 g/mol. The molecule has 2 saturated carbocycles. The minimum absolute atomic E-state index is 0.00677. The molecule has 0 aromatic carbocycles. The van der Waals surface area contributed by atoms with Crippen molar-refractivity contribution in [3.05, 3.63) is 34.3 Å². The molecule has 190 valence electrons. The average Bonchev–Trinajstić information content (AvgIpc) is 3.27. The Kier molecular flexibility index (Phi) is 7.79. The number of amides is 1. The molecule has 0 spiro atoms. The van der Waals surface area contributed by atoms with Gasteiger partial charge in [0.05, 0.1) is 5.69 Å². The van der Waals surface area contributed by atoms with Gasteiger partial charge in [-0.1, -0.05) is 27.7 Å². The van der Waals surface area contributed by atoms with Gasteiger partial charge in [-0.2, -0.15) is 0 Å². The molecule has 0 unspecified atom stereocenters. The largest absolute Gasteiger partial charge is 0.477 e. The van der Waals surface area contributed by atoms with Crippen LogP contribution in [-0.2, 0) is 10.2 Å². The number of anilines is 1. The first-order chi connectivity index (χ1) is 16.6. The van der Waals surface area contributed by atoms with E-state index in [0.717, 1.165) is 56.2 Å². The van der Waals surface area contributed by atoms with E-state index in [1.807, 2.05) is 11.0 Å². The first-order valence-electron chi connectivity index (χ1n) is 12.8. The maximum absolute atomic E-state index is 14.0. The van der Waals surface area contributed by atoms with Crippen LogP contribution < -0.4 is 9.64 Å². The SMILES string of the molecule is CC(C)(C)c1cc(N(C(=O)[C@H]2CC[C@H](C)CC2)[C@H]2CC[C@@H](Oc3ncccn3)CC2)c(C(=O)O)s1. The topological polar surface area (TPSA) is 92.6 Å². The van der Waals surface area contributed by atoms with Crippen molar-refractivity contribution in [2.45, 2.75) is 96.6 Å². The summed E-state index contributed by atoms with van der Waals surface area (Å²) in [6, 6.07) is 4.05. The van der Waals surface area contributed by atoms with Crippen molar-refractivity contribution < 1.29 is 19.4 Å². The van der Waals surface area contributed by atoms with E-state index < -0.39 is 5.97 Å². The molecule has 1 N–H and O–H groups in total. The lowest BCUT2D eigenvalue weighted by Crippen LogP contribution is -2.47. The van der Waals surface area contributed by atoms with Crippen molar-refractivity contribution in [1.82, 2.24) is 9.97 Å². The van der Waals surface area contributed by atoms with E-state index in [-0.39, 0.29) is 34.3 Å². The van der Waals surface area contributed by atoms with E-state index in [9.17, 15) is 14.7 Å². The van der Waals surface area contributed by atoms with Gasteiger partial charge < -0.3 is 14.7 Å². The quantitative estimate of drug-likeness (QED) is 0.517. The van der Waals surface area contributed by atoms with Gasteiger partial charge in [-0.25, -0.2) is 14.8 Å². The van der Waals surface area contributed by atoms with Gasteiger partial charge in [-0.3, -0.25) is 4.79 Å². The molecule has 35 heavy (non-hydrogen) atoms. The zero-order valence-electron chi connectivity index (χ0n) is 21.2. The van der Waals surface area contributed by atoms with Crippen LogP contribution >= 0.6 is 11.3 Å². The van der Waals surface area contributed by atoms with Crippen LogP contribution in [0.3, 0.4) is 0 Å². The third-order valence-electron chi connectivity index (χ3n) is 7.33. The van der Waals surface area contributed by atoms with Crippen LogP contribution in [-0.4, -0.2) is 39.1 Å². The van der Waals surface area contributed by atoms with E-state index >= 15 is 0 Å². The van der Waals surface area contributed by atoms with Crippen LogP contribution in [0.5, 0.6) is 6.01 Å². The predicted molar refractivity (Wildman–Crippen MR) is 137 cm³/mol. The van der Waals surface area contributed by atoms with Crippen molar-refractivity contribution in [2.75, 3.05) is 4.90 Å². The Morgan fingerprint density at radius 2 is 1.66 bits per heavy atom. The van der Waals surface area contributed by atoms with Crippen molar-refractivity contribution in [2.24, 2.45) is 11.8 Å². The zero-order chi connectivity index (χ0) is 25.2. The maximum Gasteiger partial charge on any atom is 0.348 e. The molecule has 2 fully saturated rings. The summed E-state index contributed by atoms with van der Waals surface area (Å²) in [5.74, 6) is -0.275. The number of carboxylic acids is 1. The average molecular weight is 500 g/mol. The van der Waals surface area contributed by atoms with Crippen molar-refractivity contribution >= 4 is 28.9 Å². The van der Waals surface area contributed by atoms with E-state index in [1.54, 1.807) is 18.5 Å². The van der Waals surface area contributed by atoms with Crippen LogP contribution in [0, 0.1) is 11.8 Å². The van der Waals surface area contributed by atoms with Gasteiger partial charge in [0, 0.05) is 29.2 Å². The smallest absolute Gasteiger partial charge is 0.348 e. The van der Waals surface area contributed by atoms with E-state index in [1.165, 1.54) is 11.3 Å². The second kappa shape index (κ2) is 10.6. The molecule has 7 nitrogen and oxygen atoms in total. The van der Waals surface area contributed by atoms with E-state index in [4.69, 9.17) is 4.74 Å². The highest BCUT2D eigenvalue weighted by atomic mass is 32.1. The predicted octanol–water partition coefficient (Wildman–Crippen LogP) is 6.08. The van der Waals surface area contributed by atoms with Gasteiger partial charge in [-0.15, -0.1) is 11.3 Å². The molecule has 4 rings (SSSR count). The third kappa shape index (κ3) is 6.02. The molecule has 2 heterocycles. The van der Waals surface area contributed by atoms with E-state index in [0.29, 0.717) is 17.6 Å². The fourth-order valence-electron chi connectivity index (χ4n) is 5.20. The summed E-state index contributed by atoms with van der Waals surface area (Å²) in [6.07, 6.45) is 10.2. The lowest BCUT2D eigenvalue weighted by atomic mass is 9.81. The second-order valence-electron chi connectivity index (χ2n) is 11.1. The molecule has 2 aliphatic carbocycles. The minimum atomic E-state index is -0.964. The number of hydrogen-bond donors (Lipinski definition) is 1. The normalized spacial score (nSPS) is 25.1. The maximum atomic E-state index is 14.0. The van der Waals surface area contributed by atoms with Crippen LogP contribution in [0.4, 0.5) is 5.69 Å². The van der Waals surface area contributed by atoms with Crippen LogP contribution in [0.1, 0.15) is 93.6 Å². The summed E-state index contributed by atoms with van der Waals surface area (Å²) in [6.45, 7) is 8.48. The number of nitrogens with zero attached hydrogens (tertiary/aromatic N) is 3. The van der Waals surface area contributed by atoms with Gasteiger partial charge in [-0.05, 0) is 74.8 Å². The van der Waals surface area contributed by atoms with Gasteiger partial charge in [0.1, 0.15) is 11.0 Å². The highest BCUT2D eigenvalue weighted by molar-refractivity contribution is 7.14. The van der Waals surface area contributed by atoms with Gasteiger partial charge >= 0.3 is 12.0 Å². The Morgan fingerprint density at radius 1 is 1.03 bits per heavy atom. The van der Waals surface area contributed by atoms with Crippen LogP contribution in [0.25, 0.3) is 0 Å². The molecule has 2 aliphatic rings. The highest BCUT2D eigenvalue weighted by Gasteiger charge is 2.38. The van der Waals surface area contributed by atoms with E-state index in [2.05, 4.69) is 37.7 Å². The molecule has 2 aromatic heterocycles. The lowest BCUT2D eigenvalue weighted by molar-refractivity contribution is -0.124. The first-order valence-corrected chi connectivity index (χ1v) is 13.6. The Hall–Kier alpha value is -2.48. The number of carbonyl (C=O) groups is 2. The molecule has 0 saturated heterocycles. The number of ether oxygens (including phenoxy) is 1. The van der Waals surface area contributed by atoms with Gasteiger partial charge in [0.15, 0.2) is 0 Å². The number of carboxylic acid groups (broad SMARTS) is 1. The Bertz CT molecular complexity index is 1020. The minimum Gasteiger partial charge on any atom is -0.477 e. The number of thiophene rings is 1. The summed E-state index contributed by atoms with van der Waals surface area (Å²) >= 11 is 1.30. The van der Waals surface area contributed by atoms with Gasteiger partial charge in [0.25, 0.3) is 0 Å². The van der Waals surface area contributed by atoms with Crippen LogP contribution in [0.2, 0.25) is 0 Å². The molecule has 0 radical (unpaired) electrons. The van der Waals surface area contributed by atoms with Crippen molar-refractivity contribution in [3.8, 4) is 6.01 Å². The standard InChI is InChI=1S/C27H37N3O4S/c1-17-6-8-18(9-7-17)24(31)30(21-16-22(27(2,3)4)35-23(21)25(32)33)19-10-12-20(13-11-19)34-26-28-14-5-15-29-26/h5,14-20H,6-13H2,1-4H3,(H,32,33)/t17-,18-,19-,20+. The fraction of sp³-hybridized carbons (Fsp3) is 0.630. The molecule has 1 amide bonds. The van der Waals surface area contributed by atoms with Crippen LogP contribution in [0.15, 0.2) is 24.5 Å². The Morgan fingerprint density at radius 3 is 2.23 bits per heavy atom. The molecule has 0 atom stereocenters. The van der Waals surface area contributed by atoms with Crippen molar-refractivity contribution in [3.63, 3.8) is 0 Å². The zero-order valence-corrected chi connectivity index (χ0v) is 22.0. The second-order valence-corrected chi connectivity index (χ2v) is 12.2. The number of rotatable bonds is 6. The van der Waals surface area contributed by atoms with Crippen molar-refractivity contribution in [1.29, 1.82) is 0 Å². The number of carbonyl (C=O) groups excluding carboxylic acids is 1. The molecular formula is C27H37N3O4S. The first kappa shape index (κ1) is 25.6. The lowest BCUT2D eigenvalue weighted by Gasteiger charge is -2.39. The number of aromatic nitrogens is 2. The number of aromatic carboxylic acids is 1. The van der Waals surface area contributed by atoms with Gasteiger partial charge in [0.2, 0.25) is 5.91 Å². The summed E-state index contributed by atoms with van der Waals surface area (Å²) in [5.41, 5.74) is 0.385. The fourth-order valence-corrected chi connectivity index (χ4v) is 6.24. The molecule has 2 aromatic rings. The summed E-state index contributed by atoms with van der Waals surface area (Å²) < 4.78 is 5.97. The summed E-state index contributed by atoms with van der Waals surface area (Å²) in [5, 5.41) is 10.1. The Labute approximate surface area is 211 Å². The highest BCUT2D eigenvalue weighted by Crippen LogP contribution is 2.42. The Balaban J connectivity index is 1.60.